The average molecular weight is 549 g/mol. The third kappa shape index (κ3) is 5.93. The molecule has 3 heterocycles. The van der Waals surface area contributed by atoms with E-state index in [2.05, 4.69) is 63.8 Å². The minimum atomic E-state index is -0.0741. The number of hydrogen-bond donors (Lipinski definition) is 3. The second-order valence-electron chi connectivity index (χ2n) is 10.5. The number of rotatable bonds is 7. The molecule has 1 aromatic heterocycles. The van der Waals surface area contributed by atoms with Gasteiger partial charge in [0, 0.05) is 74.9 Å². The summed E-state index contributed by atoms with van der Waals surface area (Å²) in [6, 6.07) is 18.0. The quantitative estimate of drug-likeness (QED) is 0.251. The number of benzene rings is 2. The predicted molar refractivity (Wildman–Crippen MR) is 157 cm³/mol. The molecule has 0 radical (unpaired) electrons. The predicted octanol–water partition coefficient (Wildman–Crippen LogP) is 6.29. The first-order chi connectivity index (χ1) is 18.6. The number of fused-ring (bicyclic) bond motifs is 2. The number of aromatic amines is 1. The Kier molecular flexibility index (Phi) is 8.02. The van der Waals surface area contributed by atoms with Gasteiger partial charge < -0.3 is 25.3 Å². The van der Waals surface area contributed by atoms with E-state index in [1.54, 1.807) is 12.3 Å². The highest BCUT2D eigenvalue weighted by Crippen LogP contribution is 2.51. The van der Waals surface area contributed by atoms with Crippen LogP contribution in [0.3, 0.4) is 0 Å². The zero-order valence-corrected chi connectivity index (χ0v) is 23.5. The highest BCUT2D eigenvalue weighted by molar-refractivity contribution is 8.05. The molecule has 6 nitrogen and oxygen atoms in total. The van der Waals surface area contributed by atoms with E-state index in [1.807, 2.05) is 29.6 Å². The Morgan fingerprint density at radius 3 is 2.82 bits per heavy atom. The van der Waals surface area contributed by atoms with E-state index in [0.29, 0.717) is 18.7 Å². The van der Waals surface area contributed by atoms with E-state index in [-0.39, 0.29) is 11.7 Å². The van der Waals surface area contributed by atoms with Crippen molar-refractivity contribution in [1.29, 1.82) is 0 Å². The van der Waals surface area contributed by atoms with Crippen LogP contribution in [0.5, 0.6) is 0 Å². The van der Waals surface area contributed by atoms with Crippen LogP contribution in [0.1, 0.15) is 50.7 Å². The molecule has 0 spiro atoms. The van der Waals surface area contributed by atoms with Crippen molar-refractivity contribution in [3.8, 4) is 0 Å². The molecule has 3 aliphatic rings. The van der Waals surface area contributed by atoms with Crippen LogP contribution in [-0.2, 0) is 4.74 Å². The van der Waals surface area contributed by atoms with Gasteiger partial charge in [-0.25, -0.2) is 0 Å². The molecule has 3 N–H and O–H groups in total. The summed E-state index contributed by atoms with van der Waals surface area (Å²) in [4.78, 5) is 22.0. The Hall–Kier alpha value is -2.39. The maximum Gasteiger partial charge on any atom is 0.249 e. The molecular weight excluding hydrogens is 512 g/mol. The van der Waals surface area contributed by atoms with E-state index in [0.717, 1.165) is 25.3 Å². The van der Waals surface area contributed by atoms with E-state index in [1.165, 1.54) is 62.9 Å². The Morgan fingerprint density at radius 1 is 1.05 bits per heavy atom. The molecule has 2 unspecified atom stereocenters. The minimum Gasteiger partial charge on any atom is -0.381 e. The summed E-state index contributed by atoms with van der Waals surface area (Å²) in [5.41, 5.74) is 3.28. The molecule has 0 amide bonds. The van der Waals surface area contributed by atoms with Crippen LogP contribution in [0.4, 0.5) is 11.4 Å². The van der Waals surface area contributed by atoms with Crippen molar-refractivity contribution in [2.24, 2.45) is 0 Å². The Morgan fingerprint density at radius 2 is 1.95 bits per heavy atom. The van der Waals surface area contributed by atoms with Crippen molar-refractivity contribution in [2.45, 2.75) is 76.8 Å². The standard InChI is InChI=1S/C30H36N4O2S2/c1-20(18-32-21-6-3-2-4-7-21)33-22-10-11-26-28(16-22)37-27-9-5-8-24(30(27)38-26)25-19-34(14-15-36-25)23-12-13-31-29(35)17-23/h5,8-13,16-17,20-21,25,32-33H,2-4,6-7,14-15,18-19H2,1H3,(H,31,35). The van der Waals surface area contributed by atoms with Crippen LogP contribution in [0.15, 0.2) is 79.1 Å². The molecule has 0 bridgehead atoms. The fourth-order valence-corrected chi connectivity index (χ4v) is 8.10. The molecule has 6 rings (SSSR count). The van der Waals surface area contributed by atoms with Gasteiger partial charge in [-0.05, 0) is 55.7 Å². The Labute approximate surface area is 233 Å². The summed E-state index contributed by atoms with van der Waals surface area (Å²) >= 11 is 3.69. The highest BCUT2D eigenvalue weighted by Gasteiger charge is 2.28. The number of aromatic nitrogens is 1. The minimum absolute atomic E-state index is 0.0360. The normalized spacial score (nSPS) is 20.4. The van der Waals surface area contributed by atoms with Crippen LogP contribution >= 0.6 is 23.5 Å². The molecule has 8 heteroatoms. The van der Waals surface area contributed by atoms with Gasteiger partial charge in [-0.15, -0.1) is 0 Å². The first-order valence-corrected chi connectivity index (χ1v) is 15.4. The Balaban J connectivity index is 1.13. The number of nitrogens with one attached hydrogen (secondary N) is 3. The zero-order chi connectivity index (χ0) is 25.9. The van der Waals surface area contributed by atoms with Gasteiger partial charge in [0.1, 0.15) is 6.10 Å². The number of morpholine rings is 1. The summed E-state index contributed by atoms with van der Waals surface area (Å²) in [5.74, 6) is 0. The molecule has 1 saturated heterocycles. The van der Waals surface area contributed by atoms with Crippen LogP contribution in [0.25, 0.3) is 0 Å². The molecule has 1 aliphatic carbocycles. The monoisotopic (exact) mass is 548 g/mol. The van der Waals surface area contributed by atoms with Crippen LogP contribution < -0.4 is 21.1 Å². The number of nitrogens with zero attached hydrogens (tertiary/aromatic N) is 1. The van der Waals surface area contributed by atoms with E-state index < -0.39 is 0 Å². The smallest absolute Gasteiger partial charge is 0.249 e. The van der Waals surface area contributed by atoms with E-state index in [4.69, 9.17) is 4.74 Å². The molecule has 38 heavy (non-hydrogen) atoms. The number of hydrogen-bond acceptors (Lipinski definition) is 7. The summed E-state index contributed by atoms with van der Waals surface area (Å²) in [7, 11) is 0. The van der Waals surface area contributed by atoms with E-state index in [9.17, 15) is 4.79 Å². The lowest BCUT2D eigenvalue weighted by Gasteiger charge is -2.36. The molecule has 1 saturated carbocycles. The first-order valence-electron chi connectivity index (χ1n) is 13.8. The van der Waals surface area contributed by atoms with Crippen molar-refractivity contribution in [3.63, 3.8) is 0 Å². The molecule has 2 fully saturated rings. The average Bonchev–Trinajstić information content (AvgIpc) is 2.95. The van der Waals surface area contributed by atoms with Crippen molar-refractivity contribution in [1.82, 2.24) is 10.3 Å². The van der Waals surface area contributed by atoms with Gasteiger partial charge in [0.2, 0.25) is 5.56 Å². The van der Waals surface area contributed by atoms with Gasteiger partial charge >= 0.3 is 0 Å². The summed E-state index contributed by atoms with van der Waals surface area (Å²) in [6.07, 6.45) is 8.43. The highest BCUT2D eigenvalue weighted by atomic mass is 32.2. The molecule has 2 aromatic carbocycles. The van der Waals surface area contributed by atoms with Crippen LogP contribution in [0.2, 0.25) is 0 Å². The van der Waals surface area contributed by atoms with Gasteiger partial charge in [0.25, 0.3) is 0 Å². The van der Waals surface area contributed by atoms with Crippen molar-refractivity contribution in [3.05, 3.63) is 70.6 Å². The largest absolute Gasteiger partial charge is 0.381 e. The fraction of sp³-hybridized carbons (Fsp3) is 0.433. The fourth-order valence-electron chi connectivity index (χ4n) is 5.65. The molecule has 3 aromatic rings. The lowest BCUT2D eigenvalue weighted by Crippen LogP contribution is -2.39. The van der Waals surface area contributed by atoms with Crippen LogP contribution in [-0.4, -0.2) is 43.3 Å². The lowest BCUT2D eigenvalue weighted by atomic mass is 9.95. The zero-order valence-electron chi connectivity index (χ0n) is 21.9. The maximum absolute atomic E-state index is 11.8. The summed E-state index contributed by atoms with van der Waals surface area (Å²) in [5, 5.41) is 7.47. The van der Waals surface area contributed by atoms with Gasteiger partial charge in [-0.2, -0.15) is 0 Å². The SMILES string of the molecule is CC(CNC1CCCCC1)Nc1ccc2c(c1)Sc1cccc(C3CN(c4cc[nH]c(=O)c4)CCO3)c1S2. The van der Waals surface area contributed by atoms with Gasteiger partial charge in [-0.1, -0.05) is 54.9 Å². The van der Waals surface area contributed by atoms with Gasteiger partial charge in [0.05, 0.1) is 6.61 Å². The van der Waals surface area contributed by atoms with Crippen molar-refractivity contribution in [2.75, 3.05) is 36.5 Å². The maximum atomic E-state index is 11.8. The van der Waals surface area contributed by atoms with E-state index >= 15 is 0 Å². The van der Waals surface area contributed by atoms with Gasteiger partial charge in [0.15, 0.2) is 0 Å². The number of H-pyrrole nitrogens is 1. The lowest BCUT2D eigenvalue weighted by molar-refractivity contribution is 0.0379. The molecule has 2 aliphatic heterocycles. The third-order valence-corrected chi connectivity index (χ3v) is 10.3. The number of ether oxygens (including phenoxy) is 1. The number of pyridine rings is 1. The Bertz CT molecular complexity index is 1320. The van der Waals surface area contributed by atoms with Gasteiger partial charge in [-0.3, -0.25) is 4.79 Å². The van der Waals surface area contributed by atoms with Crippen LogP contribution in [0, 0.1) is 0 Å². The van der Waals surface area contributed by atoms with Crippen molar-refractivity contribution < 1.29 is 4.74 Å². The van der Waals surface area contributed by atoms with Crippen molar-refractivity contribution >= 4 is 34.9 Å². The molecule has 200 valence electrons. The number of anilines is 2. The second-order valence-corrected chi connectivity index (χ2v) is 12.7. The second kappa shape index (κ2) is 11.8. The summed E-state index contributed by atoms with van der Waals surface area (Å²) in [6.45, 7) is 5.40. The molecule has 2 atom stereocenters. The summed E-state index contributed by atoms with van der Waals surface area (Å²) < 4.78 is 6.26. The first kappa shape index (κ1) is 25.9. The third-order valence-electron chi connectivity index (χ3n) is 7.65. The topological polar surface area (TPSA) is 69.4 Å². The molecular formula is C30H36N4O2S2.